The van der Waals surface area contributed by atoms with E-state index in [-0.39, 0.29) is 0 Å². The summed E-state index contributed by atoms with van der Waals surface area (Å²) in [6.07, 6.45) is 3.86. The third kappa shape index (κ3) is 1.47. The van der Waals surface area contributed by atoms with Crippen LogP contribution in [-0.4, -0.2) is 9.55 Å². The van der Waals surface area contributed by atoms with Crippen molar-refractivity contribution in [2.45, 2.75) is 26.3 Å². The number of halogens is 1. The van der Waals surface area contributed by atoms with Gasteiger partial charge in [0.05, 0.1) is 12.0 Å². The number of aromatic nitrogens is 2. The molecule has 0 saturated carbocycles. The molecule has 3 heterocycles. The molecule has 0 amide bonds. The van der Waals surface area contributed by atoms with Crippen LogP contribution in [0.15, 0.2) is 22.8 Å². The van der Waals surface area contributed by atoms with Gasteiger partial charge in [0.25, 0.3) is 0 Å². The normalized spacial score (nSPS) is 19.8. The van der Waals surface area contributed by atoms with E-state index in [1.54, 1.807) is 6.26 Å². The standard InChI is InChI=1S/C12H13ClN2O/c1-8-4-5-9-11(13)14-12(15(9)7-8)10-3-2-6-16-10/h2-3,6,8H,4-5,7H2,1H3. The number of furan rings is 1. The molecule has 84 valence electrons. The van der Waals surface area contributed by atoms with Crippen LogP contribution in [0.25, 0.3) is 11.6 Å². The zero-order valence-corrected chi connectivity index (χ0v) is 9.87. The van der Waals surface area contributed by atoms with Gasteiger partial charge in [-0.25, -0.2) is 4.98 Å². The lowest BCUT2D eigenvalue weighted by molar-refractivity contribution is 0.399. The molecule has 0 fully saturated rings. The summed E-state index contributed by atoms with van der Waals surface area (Å²) in [6, 6.07) is 3.79. The molecule has 2 aromatic heterocycles. The predicted molar refractivity (Wildman–Crippen MR) is 62.4 cm³/mol. The van der Waals surface area contributed by atoms with Gasteiger partial charge in [-0.1, -0.05) is 18.5 Å². The number of hydrogen-bond acceptors (Lipinski definition) is 2. The molecule has 0 radical (unpaired) electrons. The van der Waals surface area contributed by atoms with Crippen molar-refractivity contribution < 1.29 is 4.42 Å². The summed E-state index contributed by atoms with van der Waals surface area (Å²) in [5.74, 6) is 2.32. The Morgan fingerprint density at radius 3 is 3.19 bits per heavy atom. The molecule has 0 spiro atoms. The number of imidazole rings is 1. The average molecular weight is 237 g/mol. The zero-order valence-electron chi connectivity index (χ0n) is 9.11. The Bertz CT molecular complexity index is 501. The van der Waals surface area contributed by atoms with E-state index in [4.69, 9.17) is 16.0 Å². The van der Waals surface area contributed by atoms with Crippen molar-refractivity contribution in [1.82, 2.24) is 9.55 Å². The summed E-state index contributed by atoms with van der Waals surface area (Å²) in [6.45, 7) is 3.23. The largest absolute Gasteiger partial charge is 0.461 e. The Morgan fingerprint density at radius 1 is 1.56 bits per heavy atom. The van der Waals surface area contributed by atoms with Crippen LogP contribution in [0.3, 0.4) is 0 Å². The van der Waals surface area contributed by atoms with Crippen LogP contribution in [0.2, 0.25) is 5.15 Å². The highest BCUT2D eigenvalue weighted by atomic mass is 35.5. The fourth-order valence-corrected chi connectivity index (χ4v) is 2.55. The van der Waals surface area contributed by atoms with Crippen molar-refractivity contribution >= 4 is 11.6 Å². The molecule has 1 atom stereocenters. The second-order valence-corrected chi connectivity index (χ2v) is 4.76. The first-order valence-corrected chi connectivity index (χ1v) is 5.92. The van der Waals surface area contributed by atoms with E-state index in [1.807, 2.05) is 12.1 Å². The predicted octanol–water partition coefficient (Wildman–Crippen LogP) is 3.38. The van der Waals surface area contributed by atoms with Gasteiger partial charge < -0.3 is 8.98 Å². The fraction of sp³-hybridized carbons (Fsp3) is 0.417. The number of hydrogen-bond donors (Lipinski definition) is 0. The Labute approximate surface area is 99.0 Å². The molecule has 0 aliphatic carbocycles. The minimum absolute atomic E-state index is 0.623. The minimum Gasteiger partial charge on any atom is -0.461 e. The van der Waals surface area contributed by atoms with Gasteiger partial charge in [0.1, 0.15) is 0 Å². The molecule has 0 saturated heterocycles. The van der Waals surface area contributed by atoms with Gasteiger partial charge in [-0.3, -0.25) is 0 Å². The van der Waals surface area contributed by atoms with Gasteiger partial charge in [-0.15, -0.1) is 0 Å². The van der Waals surface area contributed by atoms with Gasteiger partial charge in [0.15, 0.2) is 16.7 Å². The lowest BCUT2D eigenvalue weighted by Crippen LogP contribution is -2.18. The Morgan fingerprint density at radius 2 is 2.44 bits per heavy atom. The second-order valence-electron chi connectivity index (χ2n) is 4.40. The molecule has 0 bridgehead atoms. The van der Waals surface area contributed by atoms with Gasteiger partial charge in [0, 0.05) is 6.54 Å². The van der Waals surface area contributed by atoms with E-state index in [1.165, 1.54) is 6.42 Å². The van der Waals surface area contributed by atoms with Crippen LogP contribution in [0, 0.1) is 5.92 Å². The maximum absolute atomic E-state index is 6.15. The van der Waals surface area contributed by atoms with E-state index in [0.717, 1.165) is 30.2 Å². The average Bonchev–Trinajstić information content (AvgIpc) is 2.86. The minimum atomic E-state index is 0.623. The van der Waals surface area contributed by atoms with E-state index in [2.05, 4.69) is 16.5 Å². The molecule has 0 aromatic carbocycles. The number of rotatable bonds is 1. The summed E-state index contributed by atoms with van der Waals surface area (Å²) in [5, 5.41) is 0.623. The van der Waals surface area contributed by atoms with E-state index in [9.17, 15) is 0 Å². The summed E-state index contributed by atoms with van der Waals surface area (Å²) >= 11 is 6.15. The SMILES string of the molecule is CC1CCc2c(Cl)nc(-c3ccco3)n2C1. The van der Waals surface area contributed by atoms with Gasteiger partial charge >= 0.3 is 0 Å². The smallest absolute Gasteiger partial charge is 0.177 e. The second kappa shape index (κ2) is 3.67. The Hall–Kier alpha value is -1.22. The van der Waals surface area contributed by atoms with Gasteiger partial charge in [0.2, 0.25) is 0 Å². The first kappa shape index (κ1) is 9.97. The third-order valence-corrected chi connectivity index (χ3v) is 3.44. The molecule has 3 nitrogen and oxygen atoms in total. The Kier molecular flexibility index (Phi) is 2.28. The molecule has 1 aliphatic rings. The van der Waals surface area contributed by atoms with Crippen molar-refractivity contribution in [1.29, 1.82) is 0 Å². The third-order valence-electron chi connectivity index (χ3n) is 3.13. The molecule has 2 aromatic rings. The zero-order chi connectivity index (χ0) is 11.1. The van der Waals surface area contributed by atoms with Gasteiger partial charge in [-0.05, 0) is 30.9 Å². The van der Waals surface area contributed by atoms with Crippen molar-refractivity contribution in [3.8, 4) is 11.6 Å². The highest BCUT2D eigenvalue weighted by Crippen LogP contribution is 2.31. The van der Waals surface area contributed by atoms with Crippen LogP contribution in [0.5, 0.6) is 0 Å². The summed E-state index contributed by atoms with van der Waals surface area (Å²) in [4.78, 5) is 4.40. The maximum atomic E-state index is 6.15. The molecular formula is C12H13ClN2O. The first-order valence-electron chi connectivity index (χ1n) is 5.54. The monoisotopic (exact) mass is 236 g/mol. The van der Waals surface area contributed by atoms with Crippen LogP contribution >= 0.6 is 11.6 Å². The lowest BCUT2D eigenvalue weighted by Gasteiger charge is -2.21. The molecule has 16 heavy (non-hydrogen) atoms. The van der Waals surface area contributed by atoms with Crippen molar-refractivity contribution in [2.24, 2.45) is 5.92 Å². The Balaban J connectivity index is 2.13. The molecule has 1 aliphatic heterocycles. The topological polar surface area (TPSA) is 31.0 Å². The summed E-state index contributed by atoms with van der Waals surface area (Å²) in [5.41, 5.74) is 1.14. The first-order chi connectivity index (χ1) is 7.75. The lowest BCUT2D eigenvalue weighted by atomic mass is 10.0. The summed E-state index contributed by atoms with van der Waals surface area (Å²) < 4.78 is 7.58. The van der Waals surface area contributed by atoms with E-state index in [0.29, 0.717) is 11.1 Å². The quantitative estimate of drug-likeness (QED) is 0.760. The molecular weight excluding hydrogens is 224 g/mol. The molecule has 1 unspecified atom stereocenters. The van der Waals surface area contributed by atoms with Crippen LogP contribution in [0.4, 0.5) is 0 Å². The van der Waals surface area contributed by atoms with Gasteiger partial charge in [-0.2, -0.15) is 0 Å². The molecule has 0 N–H and O–H groups in total. The van der Waals surface area contributed by atoms with Crippen LogP contribution < -0.4 is 0 Å². The number of fused-ring (bicyclic) bond motifs is 1. The van der Waals surface area contributed by atoms with Crippen LogP contribution in [-0.2, 0) is 13.0 Å². The highest BCUT2D eigenvalue weighted by molar-refractivity contribution is 6.30. The summed E-state index contributed by atoms with van der Waals surface area (Å²) in [7, 11) is 0. The van der Waals surface area contributed by atoms with E-state index >= 15 is 0 Å². The highest BCUT2D eigenvalue weighted by Gasteiger charge is 2.23. The van der Waals surface area contributed by atoms with Crippen LogP contribution in [0.1, 0.15) is 19.0 Å². The van der Waals surface area contributed by atoms with Crippen molar-refractivity contribution in [3.05, 3.63) is 29.2 Å². The maximum Gasteiger partial charge on any atom is 0.177 e. The van der Waals surface area contributed by atoms with Crippen molar-refractivity contribution in [3.63, 3.8) is 0 Å². The van der Waals surface area contributed by atoms with E-state index < -0.39 is 0 Å². The van der Waals surface area contributed by atoms with Crippen molar-refractivity contribution in [2.75, 3.05) is 0 Å². The molecule has 4 heteroatoms. The number of nitrogens with zero attached hydrogens (tertiary/aromatic N) is 2. The molecule has 3 rings (SSSR count). The fourth-order valence-electron chi connectivity index (χ4n) is 2.27.